The van der Waals surface area contributed by atoms with Gasteiger partial charge in [-0.25, -0.2) is 4.99 Å². The molecule has 25 heavy (non-hydrogen) atoms. The summed E-state index contributed by atoms with van der Waals surface area (Å²) in [6, 6.07) is 13.9. The van der Waals surface area contributed by atoms with E-state index >= 15 is 0 Å². The lowest BCUT2D eigenvalue weighted by Crippen LogP contribution is -2.14. The van der Waals surface area contributed by atoms with E-state index < -0.39 is 10.1 Å². The van der Waals surface area contributed by atoms with Gasteiger partial charge in [0.05, 0.1) is 16.3 Å². The fraction of sp³-hybridized carbons (Fsp3) is 0.118. The van der Waals surface area contributed by atoms with Crippen molar-refractivity contribution < 1.29 is 13.0 Å². The van der Waals surface area contributed by atoms with E-state index in [0.29, 0.717) is 5.69 Å². The summed E-state index contributed by atoms with van der Waals surface area (Å²) in [6.07, 6.45) is 0. The van der Waals surface area contributed by atoms with Crippen LogP contribution in [-0.2, 0) is 16.7 Å². The number of aromatic nitrogens is 1. The van der Waals surface area contributed by atoms with E-state index in [0.717, 1.165) is 27.1 Å². The van der Waals surface area contributed by atoms with Gasteiger partial charge >= 0.3 is 0 Å². The van der Waals surface area contributed by atoms with Gasteiger partial charge in [0.15, 0.2) is 4.80 Å². The summed E-state index contributed by atoms with van der Waals surface area (Å²) in [5, 5.41) is 2.05. The number of hydrogen-bond acceptors (Lipinski definition) is 4. The lowest BCUT2D eigenvalue weighted by Gasteiger charge is -2.06. The van der Waals surface area contributed by atoms with E-state index in [-0.39, 0.29) is 4.90 Å². The first kappa shape index (κ1) is 18.1. The van der Waals surface area contributed by atoms with Crippen LogP contribution in [0.1, 0.15) is 6.92 Å². The normalized spacial score (nSPS) is 12.5. The van der Waals surface area contributed by atoms with Crippen LogP contribution in [0.5, 0.6) is 0 Å². The fourth-order valence-corrected chi connectivity index (χ4v) is 4.28. The van der Waals surface area contributed by atoms with Crippen LogP contribution < -0.4 is 4.80 Å². The van der Waals surface area contributed by atoms with E-state index in [9.17, 15) is 8.42 Å². The summed E-state index contributed by atoms with van der Waals surface area (Å²) < 4.78 is 34.4. The molecular weight excluding hydrogens is 424 g/mol. The highest BCUT2D eigenvalue weighted by Crippen LogP contribution is 2.24. The highest BCUT2D eigenvalue weighted by molar-refractivity contribution is 9.10. The van der Waals surface area contributed by atoms with Crippen molar-refractivity contribution in [1.82, 2.24) is 4.57 Å². The third-order valence-corrected chi connectivity index (χ3v) is 5.82. The van der Waals surface area contributed by atoms with Crippen molar-refractivity contribution in [3.63, 3.8) is 0 Å². The van der Waals surface area contributed by atoms with Crippen LogP contribution in [0.25, 0.3) is 11.3 Å². The van der Waals surface area contributed by atoms with Gasteiger partial charge in [0, 0.05) is 22.0 Å². The van der Waals surface area contributed by atoms with E-state index in [1.165, 1.54) is 23.5 Å². The first-order valence-electron chi connectivity index (χ1n) is 7.45. The molecule has 3 aromatic rings. The minimum Gasteiger partial charge on any atom is -0.317 e. The van der Waals surface area contributed by atoms with Crippen LogP contribution in [0.15, 0.2) is 68.3 Å². The molecule has 5 nitrogen and oxygen atoms in total. The highest BCUT2D eigenvalue weighted by atomic mass is 79.9. The molecule has 0 amide bonds. The Morgan fingerprint density at radius 1 is 1.20 bits per heavy atom. The molecule has 0 unspecified atom stereocenters. The lowest BCUT2D eigenvalue weighted by atomic mass is 10.2. The zero-order valence-electron chi connectivity index (χ0n) is 13.3. The molecule has 0 bridgehead atoms. The van der Waals surface area contributed by atoms with Crippen molar-refractivity contribution in [2.24, 2.45) is 4.99 Å². The number of halogens is 1. The van der Waals surface area contributed by atoms with E-state index in [1.807, 2.05) is 18.2 Å². The lowest BCUT2D eigenvalue weighted by molar-refractivity contribution is 0.483. The van der Waals surface area contributed by atoms with Crippen LogP contribution in [0.3, 0.4) is 0 Å². The average Bonchev–Trinajstić information content (AvgIpc) is 2.97. The molecule has 0 fully saturated rings. The van der Waals surface area contributed by atoms with Crippen molar-refractivity contribution in [2.75, 3.05) is 0 Å². The van der Waals surface area contributed by atoms with Crippen molar-refractivity contribution in [3.05, 3.63) is 63.2 Å². The van der Waals surface area contributed by atoms with Crippen molar-refractivity contribution in [1.29, 1.82) is 0 Å². The predicted octanol–water partition coefficient (Wildman–Crippen LogP) is 4.48. The standard InChI is InChI=1S/C17H15BrN2O3S2/c1-2-20-16(12-4-3-5-13(18)10-12)11-24-17(20)19-14-6-8-15(9-7-14)25(21,22)23/h3-11H,2H2,1H3,(H,21,22,23)/b19-17-. The van der Waals surface area contributed by atoms with Crippen LogP contribution in [0.2, 0.25) is 0 Å². The molecule has 3 rings (SSSR count). The van der Waals surface area contributed by atoms with Crippen molar-refractivity contribution in [3.8, 4) is 11.3 Å². The second-order valence-electron chi connectivity index (χ2n) is 5.24. The summed E-state index contributed by atoms with van der Waals surface area (Å²) in [6.45, 7) is 2.81. The van der Waals surface area contributed by atoms with Crippen molar-refractivity contribution in [2.45, 2.75) is 18.4 Å². The Labute approximate surface area is 158 Å². The van der Waals surface area contributed by atoms with Gasteiger partial charge < -0.3 is 4.57 Å². The molecular formula is C17H15BrN2O3S2. The molecule has 0 radical (unpaired) electrons. The van der Waals surface area contributed by atoms with E-state index in [1.54, 1.807) is 12.1 Å². The Hall–Kier alpha value is -1.74. The van der Waals surface area contributed by atoms with Gasteiger partial charge in [-0.2, -0.15) is 8.42 Å². The van der Waals surface area contributed by atoms with Crippen LogP contribution >= 0.6 is 27.3 Å². The summed E-state index contributed by atoms with van der Waals surface area (Å²) in [5.74, 6) is 0. The first-order valence-corrected chi connectivity index (χ1v) is 10.6. The van der Waals surface area contributed by atoms with Gasteiger partial charge in [-0.05, 0) is 43.3 Å². The fourth-order valence-electron chi connectivity index (χ4n) is 2.41. The average molecular weight is 439 g/mol. The third-order valence-electron chi connectivity index (χ3n) is 3.59. The molecule has 0 saturated heterocycles. The highest BCUT2D eigenvalue weighted by Gasteiger charge is 2.09. The van der Waals surface area contributed by atoms with Crippen LogP contribution in [-0.4, -0.2) is 17.5 Å². The second kappa shape index (κ2) is 7.25. The molecule has 0 aliphatic heterocycles. The van der Waals surface area contributed by atoms with Gasteiger partial charge in [-0.3, -0.25) is 4.55 Å². The molecule has 130 valence electrons. The van der Waals surface area contributed by atoms with Gasteiger partial charge in [-0.15, -0.1) is 11.3 Å². The van der Waals surface area contributed by atoms with Gasteiger partial charge in [-0.1, -0.05) is 28.1 Å². The quantitative estimate of drug-likeness (QED) is 0.610. The number of thiazole rings is 1. The zero-order valence-corrected chi connectivity index (χ0v) is 16.5. The monoisotopic (exact) mass is 438 g/mol. The van der Waals surface area contributed by atoms with Crippen LogP contribution in [0.4, 0.5) is 5.69 Å². The first-order chi connectivity index (χ1) is 11.9. The summed E-state index contributed by atoms with van der Waals surface area (Å²) in [7, 11) is -4.19. The SMILES string of the molecule is CCn1c(-c2cccc(Br)c2)cs/c1=N\c1ccc(S(=O)(=O)O)cc1. The smallest absolute Gasteiger partial charge is 0.294 e. The Bertz CT molecular complexity index is 1070. The molecule has 0 atom stereocenters. The molecule has 0 saturated carbocycles. The number of nitrogens with zero attached hydrogens (tertiary/aromatic N) is 2. The van der Waals surface area contributed by atoms with E-state index in [4.69, 9.17) is 4.55 Å². The summed E-state index contributed by atoms with van der Waals surface area (Å²) in [4.78, 5) is 5.27. The minimum atomic E-state index is -4.19. The van der Waals surface area contributed by atoms with Crippen molar-refractivity contribution >= 4 is 43.1 Å². The maximum atomic E-state index is 11.1. The molecule has 1 heterocycles. The van der Waals surface area contributed by atoms with Crippen LogP contribution in [0, 0.1) is 0 Å². The molecule has 0 spiro atoms. The Balaban J connectivity index is 2.05. The molecule has 1 aromatic heterocycles. The third kappa shape index (κ3) is 4.09. The maximum absolute atomic E-state index is 11.1. The topological polar surface area (TPSA) is 71.7 Å². The molecule has 0 aliphatic carbocycles. The molecule has 1 N–H and O–H groups in total. The largest absolute Gasteiger partial charge is 0.317 e. The molecule has 8 heteroatoms. The summed E-state index contributed by atoms with van der Waals surface area (Å²) >= 11 is 5.01. The van der Waals surface area contributed by atoms with Gasteiger partial charge in [0.25, 0.3) is 10.1 Å². The Morgan fingerprint density at radius 2 is 1.92 bits per heavy atom. The zero-order chi connectivity index (χ0) is 18.0. The predicted molar refractivity (Wildman–Crippen MR) is 103 cm³/mol. The van der Waals surface area contributed by atoms with Gasteiger partial charge in [0.2, 0.25) is 0 Å². The number of hydrogen-bond donors (Lipinski definition) is 1. The molecule has 2 aromatic carbocycles. The summed E-state index contributed by atoms with van der Waals surface area (Å²) in [5.41, 5.74) is 2.79. The van der Waals surface area contributed by atoms with E-state index in [2.05, 4.69) is 43.9 Å². The number of benzene rings is 2. The molecule has 0 aliphatic rings. The Kier molecular flexibility index (Phi) is 5.24. The second-order valence-corrected chi connectivity index (χ2v) is 8.41. The minimum absolute atomic E-state index is 0.143. The maximum Gasteiger partial charge on any atom is 0.294 e. The number of rotatable bonds is 4. The Morgan fingerprint density at radius 3 is 2.52 bits per heavy atom. The van der Waals surface area contributed by atoms with Gasteiger partial charge in [0.1, 0.15) is 0 Å².